The Balaban J connectivity index is 1.81. The van der Waals surface area contributed by atoms with Crippen LogP contribution < -0.4 is 5.32 Å². The Morgan fingerprint density at radius 3 is 2.19 bits per heavy atom. The quantitative estimate of drug-likeness (QED) is 0.446. The maximum absolute atomic E-state index is 13.2. The van der Waals surface area contributed by atoms with E-state index in [-0.39, 0.29) is 23.0 Å². The smallest absolute Gasteiger partial charge is 0.243 e. The number of benzene rings is 3. The predicted molar refractivity (Wildman–Crippen MR) is 125 cm³/mol. The van der Waals surface area contributed by atoms with Crippen LogP contribution in [0.5, 0.6) is 0 Å². The minimum absolute atomic E-state index is 0.0623. The molecule has 0 spiro atoms. The van der Waals surface area contributed by atoms with Gasteiger partial charge < -0.3 is 5.32 Å². The zero-order valence-corrected chi connectivity index (χ0v) is 19.3. The average Bonchev–Trinajstić information content (AvgIpc) is 2.74. The summed E-state index contributed by atoms with van der Waals surface area (Å²) in [5.41, 5.74) is 1.38. The topological polar surface area (TPSA) is 66.5 Å². The molecule has 162 valence electrons. The van der Waals surface area contributed by atoms with Gasteiger partial charge in [-0.1, -0.05) is 65.1 Å². The first-order valence-electron chi connectivity index (χ1n) is 9.30. The molecule has 31 heavy (non-hydrogen) atoms. The van der Waals surface area contributed by atoms with Gasteiger partial charge in [-0.25, -0.2) is 8.42 Å². The van der Waals surface area contributed by atoms with E-state index in [1.165, 1.54) is 30.3 Å². The lowest BCUT2D eigenvalue weighted by Gasteiger charge is -2.22. The van der Waals surface area contributed by atoms with Gasteiger partial charge in [0, 0.05) is 17.3 Å². The van der Waals surface area contributed by atoms with E-state index in [1.807, 2.05) is 30.3 Å². The van der Waals surface area contributed by atoms with Crippen molar-refractivity contribution in [3.05, 3.63) is 93.4 Å². The van der Waals surface area contributed by atoms with Gasteiger partial charge in [-0.2, -0.15) is 4.31 Å². The number of sulfonamides is 1. The third-order valence-electron chi connectivity index (χ3n) is 4.47. The molecule has 1 amide bonds. The van der Waals surface area contributed by atoms with Gasteiger partial charge in [0.2, 0.25) is 15.9 Å². The number of rotatable bonds is 8. The summed E-state index contributed by atoms with van der Waals surface area (Å²) in [6, 6.07) is 19.9. The fourth-order valence-corrected chi connectivity index (χ4v) is 4.69. The number of amides is 1. The third kappa shape index (κ3) is 6.45. The van der Waals surface area contributed by atoms with E-state index in [9.17, 15) is 13.2 Å². The van der Waals surface area contributed by atoms with Gasteiger partial charge in [0.05, 0.1) is 21.5 Å². The highest BCUT2D eigenvalue weighted by molar-refractivity contribution is 7.89. The fourth-order valence-electron chi connectivity index (χ4n) is 2.87. The molecule has 0 saturated carbocycles. The van der Waals surface area contributed by atoms with Crippen LogP contribution in [0.2, 0.25) is 15.1 Å². The van der Waals surface area contributed by atoms with Crippen LogP contribution in [0.1, 0.15) is 5.56 Å². The summed E-state index contributed by atoms with van der Waals surface area (Å²) in [5.74, 6) is -0.496. The first kappa shape index (κ1) is 23.6. The molecule has 5 nitrogen and oxygen atoms in total. The van der Waals surface area contributed by atoms with Gasteiger partial charge in [-0.15, -0.1) is 0 Å². The lowest BCUT2D eigenvalue weighted by Crippen LogP contribution is -2.39. The first-order chi connectivity index (χ1) is 14.8. The van der Waals surface area contributed by atoms with Crippen molar-refractivity contribution in [2.45, 2.75) is 11.3 Å². The third-order valence-corrected chi connectivity index (χ3v) is 7.32. The summed E-state index contributed by atoms with van der Waals surface area (Å²) in [6.07, 6.45) is 0.452. The number of anilines is 1. The van der Waals surface area contributed by atoms with Crippen molar-refractivity contribution in [2.24, 2.45) is 0 Å². The van der Waals surface area contributed by atoms with Crippen LogP contribution in [0.15, 0.2) is 77.7 Å². The van der Waals surface area contributed by atoms with E-state index in [2.05, 4.69) is 5.32 Å². The molecule has 0 aliphatic carbocycles. The van der Waals surface area contributed by atoms with Gasteiger partial charge in [-0.05, 0) is 54.4 Å². The zero-order chi connectivity index (χ0) is 22.4. The van der Waals surface area contributed by atoms with Crippen LogP contribution in [-0.4, -0.2) is 31.7 Å². The lowest BCUT2D eigenvalue weighted by molar-refractivity contribution is -0.116. The summed E-state index contributed by atoms with van der Waals surface area (Å²) < 4.78 is 27.6. The summed E-state index contributed by atoms with van der Waals surface area (Å²) >= 11 is 17.8. The molecule has 0 atom stereocenters. The van der Waals surface area contributed by atoms with Gasteiger partial charge in [0.15, 0.2) is 0 Å². The molecule has 0 unspecified atom stereocenters. The molecule has 0 aliphatic heterocycles. The number of carbonyl (C=O) groups is 1. The van der Waals surface area contributed by atoms with Crippen LogP contribution in [-0.2, 0) is 21.2 Å². The Bertz CT molecular complexity index is 1150. The van der Waals surface area contributed by atoms with E-state index < -0.39 is 15.9 Å². The van der Waals surface area contributed by atoms with Crippen LogP contribution >= 0.6 is 34.8 Å². The molecule has 0 radical (unpaired) electrons. The van der Waals surface area contributed by atoms with E-state index in [1.54, 1.807) is 12.1 Å². The number of nitrogens with zero attached hydrogens (tertiary/aromatic N) is 1. The van der Waals surface area contributed by atoms with E-state index in [4.69, 9.17) is 34.8 Å². The normalized spacial score (nSPS) is 11.5. The molecule has 0 bridgehead atoms. The molecule has 3 aromatic rings. The molecule has 0 fully saturated rings. The highest BCUT2D eigenvalue weighted by atomic mass is 35.5. The number of hydrogen-bond acceptors (Lipinski definition) is 3. The van der Waals surface area contributed by atoms with Crippen LogP contribution in [0.25, 0.3) is 0 Å². The van der Waals surface area contributed by atoms with Crippen molar-refractivity contribution in [3.63, 3.8) is 0 Å². The van der Waals surface area contributed by atoms with Crippen LogP contribution in [0.3, 0.4) is 0 Å². The molecule has 0 saturated heterocycles. The highest BCUT2D eigenvalue weighted by Gasteiger charge is 2.26. The second kappa shape index (κ2) is 10.5. The zero-order valence-electron chi connectivity index (χ0n) is 16.3. The average molecular weight is 498 g/mol. The Hall–Kier alpha value is -2.09. The Morgan fingerprint density at radius 2 is 1.55 bits per heavy atom. The lowest BCUT2D eigenvalue weighted by atomic mass is 10.1. The van der Waals surface area contributed by atoms with Crippen molar-refractivity contribution < 1.29 is 13.2 Å². The molecule has 0 aliphatic rings. The van der Waals surface area contributed by atoms with Crippen molar-refractivity contribution in [2.75, 3.05) is 18.4 Å². The van der Waals surface area contributed by atoms with Gasteiger partial charge >= 0.3 is 0 Å². The molecular formula is C22H19Cl3N2O3S. The molecule has 3 rings (SSSR count). The van der Waals surface area contributed by atoms with Gasteiger partial charge in [-0.3, -0.25) is 4.79 Å². The molecule has 1 N–H and O–H groups in total. The Morgan fingerprint density at radius 1 is 0.871 bits per heavy atom. The van der Waals surface area contributed by atoms with Gasteiger partial charge in [0.25, 0.3) is 0 Å². The van der Waals surface area contributed by atoms with Crippen LogP contribution in [0, 0.1) is 0 Å². The second-order valence-electron chi connectivity index (χ2n) is 6.71. The molecule has 9 heteroatoms. The maximum atomic E-state index is 13.2. The summed E-state index contributed by atoms with van der Waals surface area (Å²) in [7, 11) is -3.92. The first-order valence-corrected chi connectivity index (χ1v) is 11.9. The number of carbonyl (C=O) groups excluding carboxylic acids is 1. The van der Waals surface area contributed by atoms with Gasteiger partial charge in [0.1, 0.15) is 0 Å². The largest absolute Gasteiger partial charge is 0.325 e. The molecule has 0 aromatic heterocycles. The monoisotopic (exact) mass is 496 g/mol. The number of nitrogens with one attached hydrogen (secondary N) is 1. The molecule has 0 heterocycles. The van der Waals surface area contributed by atoms with Crippen molar-refractivity contribution in [1.29, 1.82) is 0 Å². The maximum Gasteiger partial charge on any atom is 0.243 e. The molecular weight excluding hydrogens is 479 g/mol. The van der Waals surface area contributed by atoms with E-state index in [0.717, 1.165) is 9.87 Å². The summed E-state index contributed by atoms with van der Waals surface area (Å²) in [6.45, 7) is -0.234. The highest BCUT2D eigenvalue weighted by Crippen LogP contribution is 2.25. The SMILES string of the molecule is O=C(CN(CCc1ccccc1)S(=O)(=O)c1ccc(Cl)cc1)Nc1ccc(Cl)c(Cl)c1. The summed E-state index contributed by atoms with van der Waals surface area (Å²) in [4.78, 5) is 12.7. The fraction of sp³-hybridized carbons (Fsp3) is 0.136. The Kier molecular flexibility index (Phi) is 7.97. The standard InChI is InChI=1S/C22H19Cl3N2O3S/c23-17-6-9-19(10-7-17)31(29,30)27(13-12-16-4-2-1-3-5-16)15-22(28)26-18-8-11-20(24)21(25)14-18/h1-11,14H,12-13,15H2,(H,26,28). The number of halogens is 3. The minimum Gasteiger partial charge on any atom is -0.325 e. The minimum atomic E-state index is -3.92. The summed E-state index contributed by atoms with van der Waals surface area (Å²) in [5, 5.41) is 3.73. The van der Waals surface area contributed by atoms with Crippen molar-refractivity contribution >= 4 is 56.4 Å². The van der Waals surface area contributed by atoms with E-state index in [0.29, 0.717) is 22.2 Å². The number of hydrogen-bond donors (Lipinski definition) is 1. The molecule has 3 aromatic carbocycles. The van der Waals surface area contributed by atoms with Crippen LogP contribution in [0.4, 0.5) is 5.69 Å². The van der Waals surface area contributed by atoms with E-state index >= 15 is 0 Å². The Labute approximate surface area is 196 Å². The second-order valence-corrected chi connectivity index (χ2v) is 9.89. The predicted octanol–water partition coefficient (Wildman–Crippen LogP) is 5.52. The van der Waals surface area contributed by atoms with Crippen molar-refractivity contribution in [1.82, 2.24) is 4.31 Å². The van der Waals surface area contributed by atoms with Crippen molar-refractivity contribution in [3.8, 4) is 0 Å².